The lowest BCUT2D eigenvalue weighted by molar-refractivity contribution is -0.256. The van der Waals surface area contributed by atoms with Gasteiger partial charge in [-0.1, -0.05) is 84.9 Å². The van der Waals surface area contributed by atoms with E-state index < -0.39 is 0 Å². The Morgan fingerprint density at radius 3 is 1.26 bits per heavy atom. The van der Waals surface area contributed by atoms with E-state index in [2.05, 4.69) is 48.5 Å². The molecule has 11 heteroatoms. The first-order valence-corrected chi connectivity index (χ1v) is 19.1. The third kappa shape index (κ3) is 13.8. The largest absolute Gasteiger partial charge is 0.377 e. The number of ether oxygens (including phenoxy) is 11. The summed E-state index contributed by atoms with van der Waals surface area (Å²) in [4.78, 5) is 0. The molecule has 2 fully saturated rings. The van der Waals surface area contributed by atoms with Gasteiger partial charge in [-0.2, -0.15) is 0 Å². The van der Waals surface area contributed by atoms with Gasteiger partial charge < -0.3 is 52.1 Å². The molecule has 11 nitrogen and oxygen atoms in total. The first kappa shape index (κ1) is 39.9. The van der Waals surface area contributed by atoms with Crippen LogP contribution in [0.5, 0.6) is 0 Å². The molecule has 6 rings (SSSR count). The van der Waals surface area contributed by atoms with Crippen molar-refractivity contribution < 1.29 is 52.1 Å². The summed E-state index contributed by atoms with van der Waals surface area (Å²) < 4.78 is 66.6. The second kappa shape index (κ2) is 23.2. The zero-order valence-corrected chi connectivity index (χ0v) is 30.8. The number of hydrogen-bond acceptors (Lipinski definition) is 11. The maximum Gasteiger partial charge on any atom is 0.147 e. The van der Waals surface area contributed by atoms with Gasteiger partial charge in [0.25, 0.3) is 0 Å². The van der Waals surface area contributed by atoms with Gasteiger partial charge in [0.2, 0.25) is 0 Å². The molecule has 53 heavy (non-hydrogen) atoms. The van der Waals surface area contributed by atoms with Gasteiger partial charge in [0.15, 0.2) is 0 Å². The van der Waals surface area contributed by atoms with Crippen LogP contribution >= 0.6 is 0 Å². The van der Waals surface area contributed by atoms with Crippen LogP contribution in [0.4, 0.5) is 0 Å². The van der Waals surface area contributed by atoms with Crippen molar-refractivity contribution in [3.05, 3.63) is 107 Å². The summed E-state index contributed by atoms with van der Waals surface area (Å²) in [5.74, 6) is 0. The van der Waals surface area contributed by atoms with Gasteiger partial charge in [-0.25, -0.2) is 0 Å². The molecule has 3 aliphatic rings. The molecule has 6 atom stereocenters. The SMILES string of the molecule is c1ccc(CO[C@@H]2[C@@H]3COCCOCCOCCOCCOC[C@@H]4OCO[C@H](CCc5cccc(c5)CC[C@H]2OCO3)[C@@H]4OCc2ccccc2)cc1. The summed E-state index contributed by atoms with van der Waals surface area (Å²) in [7, 11) is 0. The van der Waals surface area contributed by atoms with Crippen molar-refractivity contribution in [3.8, 4) is 0 Å². The van der Waals surface area contributed by atoms with E-state index in [1.807, 2.05) is 36.4 Å². The Morgan fingerprint density at radius 1 is 0.434 bits per heavy atom. The van der Waals surface area contributed by atoms with Crippen LogP contribution in [0.1, 0.15) is 35.1 Å². The molecule has 290 valence electrons. The van der Waals surface area contributed by atoms with Crippen LogP contribution in [0.15, 0.2) is 84.9 Å². The van der Waals surface area contributed by atoms with E-state index >= 15 is 0 Å². The van der Waals surface area contributed by atoms with Gasteiger partial charge in [-0.3, -0.25) is 0 Å². The summed E-state index contributed by atoms with van der Waals surface area (Å²) in [5.41, 5.74) is 4.70. The Hall–Kier alpha value is -2.78. The fourth-order valence-corrected chi connectivity index (χ4v) is 6.77. The Bertz CT molecular complexity index is 1300. The Balaban J connectivity index is 1.11. The van der Waals surface area contributed by atoms with Crippen molar-refractivity contribution in [1.29, 1.82) is 0 Å². The third-order valence-corrected chi connectivity index (χ3v) is 9.64. The minimum absolute atomic E-state index is 0.147. The molecular weight excluding hydrogens is 680 g/mol. The van der Waals surface area contributed by atoms with Crippen LogP contribution in [-0.2, 0) is 78.2 Å². The van der Waals surface area contributed by atoms with Crippen molar-refractivity contribution >= 4 is 0 Å². The van der Waals surface area contributed by atoms with Gasteiger partial charge in [0, 0.05) is 0 Å². The molecule has 3 aliphatic heterocycles. The number of hydrogen-bond donors (Lipinski definition) is 0. The molecule has 2 saturated heterocycles. The summed E-state index contributed by atoms with van der Waals surface area (Å²) >= 11 is 0. The highest BCUT2D eigenvalue weighted by atomic mass is 16.7. The predicted octanol–water partition coefficient (Wildman–Crippen LogP) is 5.30. The summed E-state index contributed by atoms with van der Waals surface area (Å²) in [6, 6.07) is 29.2. The first-order chi connectivity index (χ1) is 26.3. The fourth-order valence-electron chi connectivity index (χ4n) is 6.77. The number of rotatable bonds is 6. The third-order valence-electron chi connectivity index (χ3n) is 9.64. The topological polar surface area (TPSA) is 102 Å². The smallest absolute Gasteiger partial charge is 0.147 e. The minimum atomic E-state index is -0.286. The molecule has 3 heterocycles. The van der Waals surface area contributed by atoms with E-state index in [1.165, 1.54) is 11.1 Å². The average Bonchev–Trinajstić information content (AvgIpc) is 3.20. The van der Waals surface area contributed by atoms with Crippen LogP contribution in [-0.4, -0.2) is 116 Å². The van der Waals surface area contributed by atoms with Crippen LogP contribution in [0.3, 0.4) is 0 Å². The summed E-state index contributed by atoms with van der Waals surface area (Å²) in [6.07, 6.45) is 1.87. The van der Waals surface area contributed by atoms with E-state index in [-0.39, 0.29) is 50.2 Å². The van der Waals surface area contributed by atoms with E-state index in [9.17, 15) is 0 Å². The molecule has 0 N–H and O–H groups in total. The lowest BCUT2D eigenvalue weighted by Crippen LogP contribution is -2.50. The second-order valence-electron chi connectivity index (χ2n) is 13.5. The minimum Gasteiger partial charge on any atom is -0.377 e. The molecule has 0 saturated carbocycles. The maximum atomic E-state index is 6.51. The molecule has 0 unspecified atom stereocenters. The van der Waals surface area contributed by atoms with Gasteiger partial charge in [0.1, 0.15) is 38.0 Å². The first-order valence-electron chi connectivity index (χ1n) is 19.1. The van der Waals surface area contributed by atoms with E-state index in [0.717, 1.165) is 36.8 Å². The standard InChI is InChI=1S/C42H56O11/c1-3-8-35(9-4-1)27-48-41-37-16-14-33-12-7-13-34(26-33)15-17-38-42(49-28-36-10-5-2-6-11-36)40(53-32-51-38)30-47-25-23-45-21-19-43-18-20-44-22-24-46-29-39(41)52-31-50-37/h1-13,26,37-42H,14-25,27-32H2/t37-,38-,39+,40+,41+,42+/m1/s1. The van der Waals surface area contributed by atoms with Gasteiger partial charge in [0.05, 0.1) is 91.5 Å². The van der Waals surface area contributed by atoms with Crippen LogP contribution in [0, 0.1) is 0 Å². The van der Waals surface area contributed by atoms with E-state index in [4.69, 9.17) is 52.1 Å². The normalized spacial score (nSPS) is 27.9. The van der Waals surface area contributed by atoms with Gasteiger partial charge in [-0.15, -0.1) is 0 Å². The van der Waals surface area contributed by atoms with Crippen molar-refractivity contribution in [2.45, 2.75) is 75.5 Å². The Morgan fingerprint density at radius 2 is 0.830 bits per heavy atom. The van der Waals surface area contributed by atoms with Crippen LogP contribution in [0.2, 0.25) is 0 Å². The zero-order valence-electron chi connectivity index (χ0n) is 30.8. The van der Waals surface area contributed by atoms with Crippen molar-refractivity contribution in [2.75, 3.05) is 79.7 Å². The highest BCUT2D eigenvalue weighted by Crippen LogP contribution is 2.26. The van der Waals surface area contributed by atoms with Crippen molar-refractivity contribution in [1.82, 2.24) is 0 Å². The van der Waals surface area contributed by atoms with Crippen molar-refractivity contribution in [2.24, 2.45) is 0 Å². The van der Waals surface area contributed by atoms with Crippen LogP contribution in [0.25, 0.3) is 0 Å². The van der Waals surface area contributed by atoms with Gasteiger partial charge in [-0.05, 0) is 47.9 Å². The molecule has 3 aromatic rings. The quantitative estimate of drug-likeness (QED) is 0.330. The number of aryl methyl sites for hydroxylation is 2. The van der Waals surface area contributed by atoms with Crippen molar-refractivity contribution in [3.63, 3.8) is 0 Å². The molecule has 6 bridgehead atoms. The molecule has 0 radical (unpaired) electrons. The lowest BCUT2D eigenvalue weighted by Gasteiger charge is -2.38. The highest BCUT2D eigenvalue weighted by molar-refractivity contribution is 5.24. The molecule has 0 aliphatic carbocycles. The predicted molar refractivity (Wildman–Crippen MR) is 196 cm³/mol. The Labute approximate surface area is 314 Å². The maximum absolute atomic E-state index is 6.51. The zero-order chi connectivity index (χ0) is 36.2. The van der Waals surface area contributed by atoms with E-state index in [1.54, 1.807) is 0 Å². The summed E-state index contributed by atoms with van der Waals surface area (Å²) in [6.45, 7) is 5.85. The van der Waals surface area contributed by atoms with Crippen LogP contribution < -0.4 is 0 Å². The Kier molecular flexibility index (Phi) is 17.5. The fraction of sp³-hybridized carbons (Fsp3) is 0.571. The number of benzene rings is 3. The molecule has 0 aromatic heterocycles. The average molecular weight is 737 g/mol. The monoisotopic (exact) mass is 736 g/mol. The van der Waals surface area contributed by atoms with E-state index in [0.29, 0.717) is 79.3 Å². The number of fused-ring (bicyclic) bond motifs is 6. The molecule has 3 aromatic carbocycles. The van der Waals surface area contributed by atoms with Gasteiger partial charge >= 0.3 is 0 Å². The lowest BCUT2D eigenvalue weighted by atomic mass is 9.96. The molecule has 0 amide bonds. The molecular formula is C42H56O11. The highest BCUT2D eigenvalue weighted by Gasteiger charge is 2.37. The molecule has 0 spiro atoms. The summed E-state index contributed by atoms with van der Waals surface area (Å²) in [5, 5.41) is 0. The second-order valence-corrected chi connectivity index (χ2v) is 13.5.